The summed E-state index contributed by atoms with van der Waals surface area (Å²) in [5, 5.41) is 1.31. The average molecular weight is 328 g/mol. The van der Waals surface area contributed by atoms with Crippen LogP contribution in [0.25, 0.3) is 0 Å². The van der Waals surface area contributed by atoms with Crippen LogP contribution in [0.15, 0.2) is 18.2 Å². The predicted molar refractivity (Wildman–Crippen MR) is 83.8 cm³/mol. The molecule has 2 aliphatic rings. The molecule has 1 aromatic carbocycles. The lowest BCUT2D eigenvalue weighted by molar-refractivity contribution is -0.134. The Kier molecular flexibility index (Phi) is 4.72. The molecule has 2 aliphatic heterocycles. The molecule has 3 nitrogen and oxygen atoms in total. The van der Waals surface area contributed by atoms with E-state index < -0.39 is 0 Å². The highest BCUT2D eigenvalue weighted by molar-refractivity contribution is 6.36. The van der Waals surface area contributed by atoms with Crippen molar-refractivity contribution in [3.63, 3.8) is 0 Å². The van der Waals surface area contributed by atoms with E-state index in [0.717, 1.165) is 44.6 Å². The van der Waals surface area contributed by atoms with Crippen LogP contribution in [0, 0.1) is 5.92 Å². The van der Waals surface area contributed by atoms with Gasteiger partial charge in [0.2, 0.25) is 5.91 Å². The summed E-state index contributed by atoms with van der Waals surface area (Å²) in [5.74, 6) is 0.253. The van der Waals surface area contributed by atoms with E-state index in [9.17, 15) is 4.79 Å². The summed E-state index contributed by atoms with van der Waals surface area (Å²) in [7, 11) is 0. The molecule has 21 heavy (non-hydrogen) atoms. The summed E-state index contributed by atoms with van der Waals surface area (Å²) in [5.41, 5.74) is 0.896. The van der Waals surface area contributed by atoms with Gasteiger partial charge in [-0.15, -0.1) is 0 Å². The summed E-state index contributed by atoms with van der Waals surface area (Å²) in [6.07, 6.45) is 3.42. The lowest BCUT2D eigenvalue weighted by Crippen LogP contribution is -2.41. The topological polar surface area (TPSA) is 29.5 Å². The van der Waals surface area contributed by atoms with Gasteiger partial charge in [-0.1, -0.05) is 29.3 Å². The fraction of sp³-hybridized carbons (Fsp3) is 0.562. The molecule has 1 aromatic rings. The quantitative estimate of drug-likeness (QED) is 0.849. The standard InChI is InChI=1S/C16H19Cl2NO2/c17-14-2-1-3-15(18)13(14)10-11-4-7-19(16(11)20)12-5-8-21-9-6-12/h1-3,11-12H,4-10H2/t11-/m0/s1. The van der Waals surface area contributed by atoms with Gasteiger partial charge in [0.15, 0.2) is 0 Å². The molecule has 0 aliphatic carbocycles. The largest absolute Gasteiger partial charge is 0.381 e. The van der Waals surface area contributed by atoms with Gasteiger partial charge in [-0.05, 0) is 43.4 Å². The number of amides is 1. The molecule has 2 fully saturated rings. The molecule has 2 heterocycles. The third-order valence-electron chi connectivity index (χ3n) is 4.49. The average Bonchev–Trinajstić information content (AvgIpc) is 2.85. The molecule has 1 amide bonds. The van der Waals surface area contributed by atoms with Gasteiger partial charge < -0.3 is 9.64 Å². The summed E-state index contributed by atoms with van der Waals surface area (Å²) >= 11 is 12.4. The number of carbonyl (C=O) groups is 1. The molecule has 0 spiro atoms. The number of carbonyl (C=O) groups excluding carboxylic acids is 1. The van der Waals surface area contributed by atoms with Gasteiger partial charge in [-0.25, -0.2) is 0 Å². The smallest absolute Gasteiger partial charge is 0.226 e. The second-order valence-electron chi connectivity index (χ2n) is 5.77. The number of likely N-dealkylation sites (tertiary alicyclic amines) is 1. The van der Waals surface area contributed by atoms with Crippen molar-refractivity contribution < 1.29 is 9.53 Å². The van der Waals surface area contributed by atoms with Crippen LogP contribution in [0.2, 0.25) is 10.0 Å². The molecule has 0 aromatic heterocycles. The summed E-state index contributed by atoms with van der Waals surface area (Å²) < 4.78 is 5.38. The van der Waals surface area contributed by atoms with Crippen molar-refractivity contribution >= 4 is 29.1 Å². The first kappa shape index (κ1) is 15.1. The van der Waals surface area contributed by atoms with E-state index in [0.29, 0.717) is 22.5 Å². The molecule has 0 unspecified atom stereocenters. The molecular weight excluding hydrogens is 309 g/mol. The normalized spacial score (nSPS) is 23.8. The number of halogens is 2. The fourth-order valence-corrected chi connectivity index (χ4v) is 3.84. The van der Waals surface area contributed by atoms with E-state index in [1.165, 1.54) is 0 Å². The number of rotatable bonds is 3. The highest BCUT2D eigenvalue weighted by Gasteiger charge is 2.36. The van der Waals surface area contributed by atoms with E-state index >= 15 is 0 Å². The minimum atomic E-state index is 0.00486. The van der Waals surface area contributed by atoms with Crippen LogP contribution in [0.1, 0.15) is 24.8 Å². The van der Waals surface area contributed by atoms with Crippen LogP contribution >= 0.6 is 23.2 Å². The highest BCUT2D eigenvalue weighted by Crippen LogP contribution is 2.32. The molecule has 5 heteroatoms. The number of ether oxygens (including phenoxy) is 1. The molecule has 0 N–H and O–H groups in total. The van der Waals surface area contributed by atoms with Gasteiger partial charge in [-0.3, -0.25) is 4.79 Å². The fourth-order valence-electron chi connectivity index (χ4n) is 3.29. The second-order valence-corrected chi connectivity index (χ2v) is 6.58. The van der Waals surface area contributed by atoms with Crippen molar-refractivity contribution in [3.05, 3.63) is 33.8 Å². The second kappa shape index (κ2) is 6.55. The molecule has 114 valence electrons. The molecule has 0 radical (unpaired) electrons. The monoisotopic (exact) mass is 327 g/mol. The van der Waals surface area contributed by atoms with Crippen molar-refractivity contribution in [3.8, 4) is 0 Å². The molecule has 2 saturated heterocycles. The zero-order chi connectivity index (χ0) is 14.8. The Balaban J connectivity index is 1.69. The van der Waals surface area contributed by atoms with Crippen LogP contribution in [-0.4, -0.2) is 36.6 Å². The molecule has 1 atom stereocenters. The SMILES string of the molecule is O=C1[C@H](Cc2c(Cl)cccc2Cl)CCN1C1CCOCC1. The first-order chi connectivity index (χ1) is 10.2. The minimum absolute atomic E-state index is 0.00486. The Hall–Kier alpha value is -0.770. The van der Waals surface area contributed by atoms with Crippen LogP contribution in [0.3, 0.4) is 0 Å². The molecular formula is C16H19Cl2NO2. The zero-order valence-corrected chi connectivity index (χ0v) is 13.4. The number of hydrogen-bond donors (Lipinski definition) is 0. The van der Waals surface area contributed by atoms with Crippen LogP contribution in [-0.2, 0) is 16.0 Å². The van der Waals surface area contributed by atoms with Gasteiger partial charge >= 0.3 is 0 Å². The highest BCUT2D eigenvalue weighted by atomic mass is 35.5. The number of nitrogens with zero attached hydrogens (tertiary/aromatic N) is 1. The third kappa shape index (κ3) is 3.20. The lowest BCUT2D eigenvalue weighted by atomic mass is 9.97. The van der Waals surface area contributed by atoms with E-state index in [4.69, 9.17) is 27.9 Å². The number of benzene rings is 1. The summed E-state index contributed by atoms with van der Waals surface area (Å²) in [6.45, 7) is 2.36. The zero-order valence-electron chi connectivity index (χ0n) is 11.9. The van der Waals surface area contributed by atoms with E-state index in [1.807, 2.05) is 23.1 Å². The minimum Gasteiger partial charge on any atom is -0.381 e. The maximum atomic E-state index is 12.6. The van der Waals surface area contributed by atoms with Crippen LogP contribution in [0.4, 0.5) is 0 Å². The first-order valence-corrected chi connectivity index (χ1v) is 8.23. The van der Waals surface area contributed by atoms with Gasteiger partial charge in [-0.2, -0.15) is 0 Å². The van der Waals surface area contributed by atoms with Crippen molar-refractivity contribution in [2.75, 3.05) is 19.8 Å². The maximum Gasteiger partial charge on any atom is 0.226 e. The van der Waals surface area contributed by atoms with Gasteiger partial charge in [0, 0.05) is 41.8 Å². The van der Waals surface area contributed by atoms with Crippen molar-refractivity contribution in [1.82, 2.24) is 4.90 Å². The third-order valence-corrected chi connectivity index (χ3v) is 5.20. The first-order valence-electron chi connectivity index (χ1n) is 7.48. The molecule has 0 saturated carbocycles. The van der Waals surface area contributed by atoms with Crippen molar-refractivity contribution in [2.45, 2.75) is 31.7 Å². The van der Waals surface area contributed by atoms with Crippen LogP contribution in [0.5, 0.6) is 0 Å². The Bertz CT molecular complexity index is 509. The van der Waals surface area contributed by atoms with E-state index in [-0.39, 0.29) is 11.8 Å². The van der Waals surface area contributed by atoms with Crippen LogP contribution < -0.4 is 0 Å². The van der Waals surface area contributed by atoms with E-state index in [1.54, 1.807) is 0 Å². The Morgan fingerprint density at radius 1 is 1.14 bits per heavy atom. The Labute approximate surface area is 135 Å². The van der Waals surface area contributed by atoms with Gasteiger partial charge in [0.1, 0.15) is 0 Å². The number of hydrogen-bond acceptors (Lipinski definition) is 2. The maximum absolute atomic E-state index is 12.6. The molecule has 3 rings (SSSR count). The Morgan fingerprint density at radius 2 is 1.81 bits per heavy atom. The summed E-state index contributed by atoms with van der Waals surface area (Å²) in [6, 6.07) is 5.84. The molecule has 0 bridgehead atoms. The van der Waals surface area contributed by atoms with Gasteiger partial charge in [0.05, 0.1) is 0 Å². The summed E-state index contributed by atoms with van der Waals surface area (Å²) in [4.78, 5) is 14.7. The van der Waals surface area contributed by atoms with Crippen molar-refractivity contribution in [2.24, 2.45) is 5.92 Å². The van der Waals surface area contributed by atoms with Crippen molar-refractivity contribution in [1.29, 1.82) is 0 Å². The lowest BCUT2D eigenvalue weighted by Gasteiger charge is -2.31. The Morgan fingerprint density at radius 3 is 2.48 bits per heavy atom. The van der Waals surface area contributed by atoms with E-state index in [2.05, 4.69) is 0 Å². The predicted octanol–water partition coefficient (Wildman–Crippen LogP) is 3.56. The van der Waals surface area contributed by atoms with Gasteiger partial charge in [0.25, 0.3) is 0 Å².